The van der Waals surface area contributed by atoms with Crippen molar-refractivity contribution in [1.82, 2.24) is 15.1 Å². The summed E-state index contributed by atoms with van der Waals surface area (Å²) in [7, 11) is 3.75. The molecule has 5 nitrogen and oxygen atoms in total. The Labute approximate surface area is 195 Å². The highest BCUT2D eigenvalue weighted by Crippen LogP contribution is 2.21. The molecule has 158 valence electrons. The van der Waals surface area contributed by atoms with Crippen molar-refractivity contribution >= 4 is 47.2 Å². The highest BCUT2D eigenvalue weighted by molar-refractivity contribution is 14.0. The molecule has 7 heteroatoms. The predicted octanol–water partition coefficient (Wildman–Crippen LogP) is 3.85. The molecule has 2 aromatic rings. The molecule has 0 radical (unpaired) electrons. The van der Waals surface area contributed by atoms with Gasteiger partial charge in [0.15, 0.2) is 5.96 Å². The average Bonchev–Trinajstić information content (AvgIpc) is 3.22. The maximum absolute atomic E-state index is 12.6. The first-order valence-corrected chi connectivity index (χ1v) is 10.8. The molecular formula is C22H31IN4OS. The number of halogens is 1. The van der Waals surface area contributed by atoms with Gasteiger partial charge in [-0.25, -0.2) is 0 Å². The summed E-state index contributed by atoms with van der Waals surface area (Å²) in [6.45, 7) is 2.77. The molecule has 1 aliphatic rings. The van der Waals surface area contributed by atoms with E-state index in [2.05, 4.69) is 57.5 Å². The van der Waals surface area contributed by atoms with Gasteiger partial charge in [-0.2, -0.15) is 11.3 Å². The van der Waals surface area contributed by atoms with Crippen molar-refractivity contribution in [3.8, 4) is 0 Å². The van der Waals surface area contributed by atoms with Crippen LogP contribution in [0.25, 0.3) is 0 Å². The summed E-state index contributed by atoms with van der Waals surface area (Å²) >= 11 is 1.69. The SMILES string of the molecule is CN=C(NCC(=O)N1CCC(Cc2ccccc2)CC1)N(C)Cc1ccsc1.I. The van der Waals surface area contributed by atoms with Crippen molar-refractivity contribution in [3.63, 3.8) is 0 Å². The van der Waals surface area contributed by atoms with Crippen LogP contribution in [0, 0.1) is 5.92 Å². The Morgan fingerprint density at radius 2 is 1.93 bits per heavy atom. The molecule has 1 fully saturated rings. The van der Waals surface area contributed by atoms with Crippen LogP contribution >= 0.6 is 35.3 Å². The van der Waals surface area contributed by atoms with Crippen LogP contribution < -0.4 is 5.32 Å². The molecule has 1 aliphatic heterocycles. The van der Waals surface area contributed by atoms with Gasteiger partial charge in [0.1, 0.15) is 0 Å². The number of hydrogen-bond acceptors (Lipinski definition) is 3. The highest BCUT2D eigenvalue weighted by Gasteiger charge is 2.23. The predicted molar refractivity (Wildman–Crippen MR) is 132 cm³/mol. The molecule has 0 spiro atoms. The number of carbonyl (C=O) groups excluding carboxylic acids is 1. The number of nitrogens with zero attached hydrogens (tertiary/aromatic N) is 3. The molecule has 0 aliphatic carbocycles. The molecule has 2 heterocycles. The molecule has 1 aromatic carbocycles. The molecule has 0 bridgehead atoms. The second-order valence-corrected chi connectivity index (χ2v) is 8.18. The van der Waals surface area contributed by atoms with Crippen LogP contribution in [0.5, 0.6) is 0 Å². The number of carbonyl (C=O) groups is 1. The first-order valence-electron chi connectivity index (χ1n) is 9.90. The summed E-state index contributed by atoms with van der Waals surface area (Å²) in [5, 5.41) is 7.43. The number of nitrogens with one attached hydrogen (secondary N) is 1. The zero-order valence-electron chi connectivity index (χ0n) is 17.2. The summed E-state index contributed by atoms with van der Waals surface area (Å²) < 4.78 is 0. The molecule has 3 rings (SSSR count). The summed E-state index contributed by atoms with van der Waals surface area (Å²) in [5.41, 5.74) is 2.65. The van der Waals surface area contributed by atoms with Crippen LogP contribution in [0.2, 0.25) is 0 Å². The molecule has 29 heavy (non-hydrogen) atoms. The van der Waals surface area contributed by atoms with Crippen LogP contribution in [0.3, 0.4) is 0 Å². The van der Waals surface area contributed by atoms with Gasteiger partial charge >= 0.3 is 0 Å². The molecule has 1 amide bonds. The van der Waals surface area contributed by atoms with E-state index in [1.165, 1.54) is 11.1 Å². The van der Waals surface area contributed by atoms with E-state index in [-0.39, 0.29) is 29.9 Å². The van der Waals surface area contributed by atoms with Crippen molar-refractivity contribution < 1.29 is 4.79 Å². The van der Waals surface area contributed by atoms with E-state index in [4.69, 9.17) is 0 Å². The maximum Gasteiger partial charge on any atom is 0.241 e. The highest BCUT2D eigenvalue weighted by atomic mass is 127. The van der Waals surface area contributed by atoms with Gasteiger partial charge in [-0.15, -0.1) is 24.0 Å². The fourth-order valence-corrected chi connectivity index (χ4v) is 4.38. The molecule has 1 saturated heterocycles. The summed E-state index contributed by atoms with van der Waals surface area (Å²) in [4.78, 5) is 21.0. The van der Waals surface area contributed by atoms with Crippen LogP contribution in [0.1, 0.15) is 24.0 Å². The van der Waals surface area contributed by atoms with E-state index in [0.29, 0.717) is 12.5 Å². The third kappa shape index (κ3) is 7.29. The molecule has 1 aromatic heterocycles. The summed E-state index contributed by atoms with van der Waals surface area (Å²) in [5.74, 6) is 1.57. The van der Waals surface area contributed by atoms with Crippen LogP contribution in [0.15, 0.2) is 52.2 Å². The van der Waals surface area contributed by atoms with E-state index >= 15 is 0 Å². The lowest BCUT2D eigenvalue weighted by Crippen LogP contribution is -2.47. The van der Waals surface area contributed by atoms with Crippen LogP contribution in [-0.2, 0) is 17.8 Å². The molecular weight excluding hydrogens is 495 g/mol. The maximum atomic E-state index is 12.6. The minimum absolute atomic E-state index is 0. The van der Waals surface area contributed by atoms with E-state index in [1.54, 1.807) is 18.4 Å². The number of amides is 1. The second kappa shape index (κ2) is 12.2. The minimum Gasteiger partial charge on any atom is -0.347 e. The van der Waals surface area contributed by atoms with Gasteiger partial charge < -0.3 is 15.1 Å². The monoisotopic (exact) mass is 526 g/mol. The average molecular weight is 526 g/mol. The Morgan fingerprint density at radius 1 is 1.21 bits per heavy atom. The molecule has 0 atom stereocenters. The quantitative estimate of drug-likeness (QED) is 0.354. The number of benzene rings is 1. The fourth-order valence-electron chi connectivity index (χ4n) is 3.72. The normalized spacial score (nSPS) is 15.0. The standard InChI is InChI=1S/C22H30N4OS.HI/c1-23-22(25(2)16-20-10-13-28-17-20)24-15-21(27)26-11-8-19(9-12-26)14-18-6-4-3-5-7-18;/h3-7,10,13,17,19H,8-9,11-12,14-16H2,1-2H3,(H,23,24);1H. The topological polar surface area (TPSA) is 47.9 Å². The Kier molecular flexibility index (Phi) is 9.93. The minimum atomic E-state index is 0. The second-order valence-electron chi connectivity index (χ2n) is 7.40. The van der Waals surface area contributed by atoms with Crippen LogP contribution in [-0.4, -0.2) is 55.4 Å². The van der Waals surface area contributed by atoms with Gasteiger partial charge in [0.05, 0.1) is 6.54 Å². The number of piperidine rings is 1. The number of thiophene rings is 1. The third-order valence-electron chi connectivity index (χ3n) is 5.31. The van der Waals surface area contributed by atoms with Gasteiger partial charge in [0, 0.05) is 33.7 Å². The molecule has 1 N–H and O–H groups in total. The molecule has 0 saturated carbocycles. The summed E-state index contributed by atoms with van der Waals surface area (Å²) in [6.07, 6.45) is 3.27. The number of guanidine groups is 1. The fraction of sp³-hybridized carbons (Fsp3) is 0.455. The number of likely N-dealkylation sites (tertiary alicyclic amines) is 1. The van der Waals surface area contributed by atoms with Gasteiger partial charge in [0.25, 0.3) is 0 Å². The Bertz CT molecular complexity index is 758. The van der Waals surface area contributed by atoms with Gasteiger partial charge in [-0.1, -0.05) is 30.3 Å². The van der Waals surface area contributed by atoms with Crippen molar-refractivity contribution in [2.75, 3.05) is 33.7 Å². The van der Waals surface area contributed by atoms with Crippen molar-refractivity contribution in [1.29, 1.82) is 0 Å². The third-order valence-corrected chi connectivity index (χ3v) is 6.04. The lowest BCUT2D eigenvalue weighted by atomic mass is 9.90. The first kappa shape index (κ1) is 23.7. The smallest absolute Gasteiger partial charge is 0.241 e. The van der Waals surface area contributed by atoms with E-state index in [1.807, 2.05) is 16.8 Å². The van der Waals surface area contributed by atoms with E-state index in [0.717, 1.165) is 44.9 Å². The van der Waals surface area contributed by atoms with E-state index < -0.39 is 0 Å². The number of rotatable bonds is 6. The van der Waals surface area contributed by atoms with Crippen LogP contribution in [0.4, 0.5) is 0 Å². The first-order chi connectivity index (χ1) is 13.7. The zero-order chi connectivity index (χ0) is 19.8. The summed E-state index contributed by atoms with van der Waals surface area (Å²) in [6, 6.07) is 12.8. The Hall–Kier alpha value is -1.61. The number of hydrogen-bond donors (Lipinski definition) is 1. The lowest BCUT2D eigenvalue weighted by Gasteiger charge is -2.32. The largest absolute Gasteiger partial charge is 0.347 e. The Morgan fingerprint density at radius 3 is 2.55 bits per heavy atom. The van der Waals surface area contributed by atoms with Crippen molar-refractivity contribution in [2.45, 2.75) is 25.8 Å². The van der Waals surface area contributed by atoms with Gasteiger partial charge in [-0.3, -0.25) is 9.79 Å². The number of aliphatic imine (C=N–C) groups is 1. The zero-order valence-corrected chi connectivity index (χ0v) is 20.4. The lowest BCUT2D eigenvalue weighted by molar-refractivity contribution is -0.131. The van der Waals surface area contributed by atoms with Crippen molar-refractivity contribution in [2.24, 2.45) is 10.9 Å². The Balaban J connectivity index is 0.00000300. The van der Waals surface area contributed by atoms with Crippen molar-refractivity contribution in [3.05, 3.63) is 58.3 Å². The van der Waals surface area contributed by atoms with Gasteiger partial charge in [-0.05, 0) is 53.1 Å². The van der Waals surface area contributed by atoms with Gasteiger partial charge in [0.2, 0.25) is 5.91 Å². The molecule has 0 unspecified atom stereocenters. The van der Waals surface area contributed by atoms with E-state index in [9.17, 15) is 4.79 Å².